The monoisotopic (exact) mass is 486 g/mol. The molecule has 2 nitrogen and oxygen atoms in total. The number of hydrogen-bond donors (Lipinski definition) is 1. The molecule has 0 spiro atoms. The molecule has 0 saturated carbocycles. The highest BCUT2D eigenvalue weighted by molar-refractivity contribution is 5.95. The lowest BCUT2D eigenvalue weighted by atomic mass is 9.63. The third-order valence-corrected chi connectivity index (χ3v) is 7.93. The van der Waals surface area contributed by atoms with Gasteiger partial charge < -0.3 is 5.11 Å². The van der Waals surface area contributed by atoms with Crippen LogP contribution >= 0.6 is 0 Å². The van der Waals surface area contributed by atoms with Crippen LogP contribution in [0, 0.1) is 0 Å². The zero-order chi connectivity index (χ0) is 26.2. The van der Waals surface area contributed by atoms with Crippen molar-refractivity contribution >= 4 is 27.5 Å². The highest BCUT2D eigenvalue weighted by atomic mass is 16.4. The van der Waals surface area contributed by atoms with Crippen LogP contribution in [0.1, 0.15) is 62.0 Å². The third kappa shape index (κ3) is 5.02. The van der Waals surface area contributed by atoms with Crippen LogP contribution in [0.5, 0.6) is 0 Å². The molecule has 1 N–H and O–H groups in total. The summed E-state index contributed by atoms with van der Waals surface area (Å²) in [5, 5.41) is 13.8. The van der Waals surface area contributed by atoms with E-state index in [-0.39, 0.29) is 10.8 Å². The van der Waals surface area contributed by atoms with Crippen molar-refractivity contribution in [1.82, 2.24) is 0 Å². The normalized spacial score (nSPS) is 15.5. The maximum atomic E-state index is 11.2. The quantitative estimate of drug-likeness (QED) is 0.270. The van der Waals surface area contributed by atoms with E-state index in [2.05, 4.69) is 107 Å². The lowest BCUT2D eigenvalue weighted by molar-refractivity contribution is 0.0697. The molecule has 0 heterocycles. The topological polar surface area (TPSA) is 37.3 Å². The summed E-state index contributed by atoms with van der Waals surface area (Å²) in [4.78, 5) is 11.2. The second-order valence-electron chi connectivity index (χ2n) is 11.5. The number of benzene rings is 5. The van der Waals surface area contributed by atoms with Gasteiger partial charge in [-0.05, 0) is 85.7 Å². The van der Waals surface area contributed by atoms with Crippen LogP contribution in [0.2, 0.25) is 0 Å². The minimum Gasteiger partial charge on any atom is -0.478 e. The summed E-state index contributed by atoms with van der Waals surface area (Å²) in [5.41, 5.74) is 6.06. The molecule has 186 valence electrons. The molecule has 1 aliphatic rings. The fourth-order valence-electron chi connectivity index (χ4n) is 5.46. The second-order valence-corrected chi connectivity index (χ2v) is 11.5. The molecule has 5 aromatic carbocycles. The number of carbonyl (C=O) groups is 1. The van der Waals surface area contributed by atoms with Crippen LogP contribution in [0.15, 0.2) is 103 Å². The van der Waals surface area contributed by atoms with Crippen molar-refractivity contribution in [3.8, 4) is 11.1 Å². The average molecular weight is 487 g/mol. The first-order chi connectivity index (χ1) is 17.6. The van der Waals surface area contributed by atoms with E-state index in [1.807, 2.05) is 12.1 Å². The zero-order valence-electron chi connectivity index (χ0n) is 22.1. The molecule has 0 aromatic heterocycles. The van der Waals surface area contributed by atoms with Gasteiger partial charge in [0.25, 0.3) is 0 Å². The summed E-state index contributed by atoms with van der Waals surface area (Å²) in [5.74, 6) is -0.888. The van der Waals surface area contributed by atoms with E-state index in [0.717, 1.165) is 10.8 Å². The minimum atomic E-state index is -0.888. The predicted octanol–water partition coefficient (Wildman–Crippen LogP) is 9.39. The molecule has 0 radical (unpaired) electrons. The Morgan fingerprint density at radius 2 is 1.05 bits per heavy atom. The van der Waals surface area contributed by atoms with Crippen LogP contribution in [0.3, 0.4) is 0 Å². The molecule has 0 amide bonds. The van der Waals surface area contributed by atoms with Crippen molar-refractivity contribution in [1.29, 1.82) is 0 Å². The van der Waals surface area contributed by atoms with E-state index in [4.69, 9.17) is 0 Å². The van der Waals surface area contributed by atoms with E-state index in [1.165, 1.54) is 45.9 Å². The molecule has 0 unspecified atom stereocenters. The van der Waals surface area contributed by atoms with Gasteiger partial charge in [-0.2, -0.15) is 0 Å². The first-order valence-electron chi connectivity index (χ1n) is 13.0. The van der Waals surface area contributed by atoms with Crippen molar-refractivity contribution < 1.29 is 9.90 Å². The first kappa shape index (κ1) is 24.8. The van der Waals surface area contributed by atoms with Crippen LogP contribution in [0.25, 0.3) is 32.7 Å². The Morgan fingerprint density at radius 3 is 1.65 bits per heavy atom. The molecule has 0 atom stereocenters. The lowest BCUT2D eigenvalue weighted by Crippen LogP contribution is -2.33. The molecular formula is C35H34O2. The van der Waals surface area contributed by atoms with Crippen LogP contribution in [0.4, 0.5) is 0 Å². The summed E-state index contributed by atoms with van der Waals surface area (Å²) in [6, 6.07) is 35.2. The molecule has 2 heteroatoms. The Labute approximate surface area is 219 Å². The molecule has 5 aromatic rings. The zero-order valence-corrected chi connectivity index (χ0v) is 22.1. The van der Waals surface area contributed by atoms with Crippen molar-refractivity contribution in [3.63, 3.8) is 0 Å². The molecule has 0 aliphatic heterocycles. The Hall–Kier alpha value is -3.91. The molecule has 0 fully saturated rings. The summed E-state index contributed by atoms with van der Waals surface area (Å²) in [6.07, 6.45) is 2.42. The number of fused-ring (bicyclic) bond motifs is 3. The fraction of sp³-hybridized carbons (Fsp3) is 0.229. The van der Waals surface area contributed by atoms with E-state index in [0.29, 0.717) is 5.56 Å². The van der Waals surface area contributed by atoms with Gasteiger partial charge in [-0.3, -0.25) is 0 Å². The maximum absolute atomic E-state index is 11.2. The molecule has 1 aliphatic carbocycles. The van der Waals surface area contributed by atoms with Gasteiger partial charge in [-0.15, -0.1) is 0 Å². The Kier molecular flexibility index (Phi) is 6.37. The van der Waals surface area contributed by atoms with E-state index in [9.17, 15) is 9.90 Å². The predicted molar refractivity (Wildman–Crippen MR) is 156 cm³/mol. The molecular weight excluding hydrogens is 452 g/mol. The van der Waals surface area contributed by atoms with Gasteiger partial charge in [-0.1, -0.05) is 113 Å². The molecule has 0 bridgehead atoms. The van der Waals surface area contributed by atoms with Crippen LogP contribution in [-0.4, -0.2) is 11.1 Å². The Balaban J connectivity index is 0.000000233. The molecule has 0 saturated heterocycles. The Morgan fingerprint density at radius 1 is 0.568 bits per heavy atom. The van der Waals surface area contributed by atoms with Gasteiger partial charge in [0, 0.05) is 0 Å². The van der Waals surface area contributed by atoms with Gasteiger partial charge in [0.05, 0.1) is 5.56 Å². The standard InChI is InChI=1S/C25H26O2.C10H8/c1-24(2)11-12-25(3,4)22-15-19(9-10-21(22)24)17-5-6-18-14-20(23(26)27)8-7-16(18)13-17;1-2-6-10-8-4-3-7-9(10)5-1/h5-10,13-15H,11-12H2,1-4H3,(H,26,27);1-8H. The van der Waals surface area contributed by atoms with Gasteiger partial charge >= 0.3 is 5.97 Å². The molecule has 37 heavy (non-hydrogen) atoms. The number of carboxylic acid groups (broad SMARTS) is 1. The van der Waals surface area contributed by atoms with Crippen molar-refractivity contribution in [2.24, 2.45) is 0 Å². The van der Waals surface area contributed by atoms with Gasteiger partial charge in [0.1, 0.15) is 0 Å². The fourth-order valence-corrected chi connectivity index (χ4v) is 5.46. The average Bonchev–Trinajstić information content (AvgIpc) is 2.91. The first-order valence-corrected chi connectivity index (χ1v) is 13.0. The number of rotatable bonds is 2. The second kappa shape index (κ2) is 9.52. The highest BCUT2D eigenvalue weighted by Gasteiger charge is 2.36. The van der Waals surface area contributed by atoms with Gasteiger partial charge in [0.15, 0.2) is 0 Å². The summed E-state index contributed by atoms with van der Waals surface area (Å²) >= 11 is 0. The SMILES string of the molecule is CC1(C)CCC(C)(C)c2cc(-c3ccc4cc(C(=O)O)ccc4c3)ccc21.c1ccc2ccccc2c1. The maximum Gasteiger partial charge on any atom is 0.335 e. The van der Waals surface area contributed by atoms with E-state index < -0.39 is 5.97 Å². The third-order valence-electron chi connectivity index (χ3n) is 7.93. The minimum absolute atomic E-state index is 0.189. The number of carboxylic acids is 1. The van der Waals surface area contributed by atoms with Crippen molar-refractivity contribution in [2.45, 2.75) is 51.4 Å². The van der Waals surface area contributed by atoms with Crippen molar-refractivity contribution in [3.05, 3.63) is 120 Å². The van der Waals surface area contributed by atoms with Gasteiger partial charge in [0.2, 0.25) is 0 Å². The smallest absolute Gasteiger partial charge is 0.335 e. The number of aromatic carboxylic acids is 1. The van der Waals surface area contributed by atoms with Gasteiger partial charge in [-0.25, -0.2) is 4.79 Å². The van der Waals surface area contributed by atoms with Crippen LogP contribution < -0.4 is 0 Å². The highest BCUT2D eigenvalue weighted by Crippen LogP contribution is 2.46. The van der Waals surface area contributed by atoms with Crippen molar-refractivity contribution in [2.75, 3.05) is 0 Å². The van der Waals surface area contributed by atoms with Crippen LogP contribution in [-0.2, 0) is 10.8 Å². The summed E-state index contributed by atoms with van der Waals surface area (Å²) in [6.45, 7) is 9.38. The van der Waals surface area contributed by atoms with E-state index >= 15 is 0 Å². The summed E-state index contributed by atoms with van der Waals surface area (Å²) < 4.78 is 0. The van der Waals surface area contributed by atoms with E-state index in [1.54, 1.807) is 12.1 Å². The summed E-state index contributed by atoms with van der Waals surface area (Å²) in [7, 11) is 0. The Bertz CT molecular complexity index is 1540. The molecule has 6 rings (SSSR count). The number of hydrogen-bond acceptors (Lipinski definition) is 1. The lowest BCUT2D eigenvalue weighted by Gasteiger charge is -2.42. The largest absolute Gasteiger partial charge is 0.478 e.